The minimum Gasteiger partial charge on any atom is -0.484 e. The number of benzene rings is 1. The monoisotopic (exact) mass is 364 g/mol. The Bertz CT molecular complexity index is 712. The van der Waals surface area contributed by atoms with Gasteiger partial charge in [0, 0.05) is 31.2 Å². The molecule has 0 radical (unpaired) electrons. The van der Waals surface area contributed by atoms with Crippen molar-refractivity contribution in [2.45, 2.75) is 0 Å². The Labute approximate surface area is 149 Å². The van der Waals surface area contributed by atoms with Crippen molar-refractivity contribution in [3.8, 4) is 5.75 Å². The molecular weight excluding hydrogens is 348 g/mol. The maximum atomic E-state index is 12.3. The number of piperazine rings is 1. The van der Waals surface area contributed by atoms with E-state index in [1.54, 1.807) is 34.1 Å². The van der Waals surface area contributed by atoms with Crippen LogP contribution in [-0.2, 0) is 4.79 Å². The van der Waals surface area contributed by atoms with Crippen LogP contribution >= 0.6 is 22.9 Å². The molecule has 1 fully saturated rings. The summed E-state index contributed by atoms with van der Waals surface area (Å²) in [4.78, 5) is 28.7. The van der Waals surface area contributed by atoms with Gasteiger partial charge in [-0.05, 0) is 29.6 Å². The topological polar surface area (TPSA) is 49.9 Å². The van der Waals surface area contributed by atoms with Crippen LogP contribution in [0.1, 0.15) is 9.67 Å². The van der Waals surface area contributed by atoms with Crippen molar-refractivity contribution < 1.29 is 14.3 Å². The normalized spacial score (nSPS) is 14.5. The lowest BCUT2D eigenvalue weighted by Gasteiger charge is -2.34. The van der Waals surface area contributed by atoms with Gasteiger partial charge in [0.15, 0.2) is 6.61 Å². The first kappa shape index (κ1) is 16.8. The second-order valence-electron chi connectivity index (χ2n) is 5.40. The molecule has 1 aliphatic heterocycles. The van der Waals surface area contributed by atoms with Crippen molar-refractivity contribution in [3.05, 3.63) is 51.7 Å². The van der Waals surface area contributed by atoms with Crippen LogP contribution in [0.4, 0.5) is 0 Å². The molecule has 0 aliphatic carbocycles. The van der Waals surface area contributed by atoms with E-state index in [-0.39, 0.29) is 18.4 Å². The summed E-state index contributed by atoms with van der Waals surface area (Å²) in [5, 5.41) is 2.46. The van der Waals surface area contributed by atoms with Gasteiger partial charge in [-0.15, -0.1) is 11.3 Å². The lowest BCUT2D eigenvalue weighted by Crippen LogP contribution is -2.51. The van der Waals surface area contributed by atoms with Crippen LogP contribution in [-0.4, -0.2) is 54.4 Å². The van der Waals surface area contributed by atoms with Gasteiger partial charge in [-0.25, -0.2) is 0 Å². The highest BCUT2D eigenvalue weighted by Gasteiger charge is 2.25. The number of ether oxygens (including phenoxy) is 1. The van der Waals surface area contributed by atoms with Gasteiger partial charge in [-0.1, -0.05) is 23.7 Å². The predicted molar refractivity (Wildman–Crippen MR) is 93.7 cm³/mol. The van der Waals surface area contributed by atoms with E-state index >= 15 is 0 Å². The molecule has 0 bridgehead atoms. The first-order chi connectivity index (χ1) is 11.6. The molecule has 24 heavy (non-hydrogen) atoms. The van der Waals surface area contributed by atoms with E-state index < -0.39 is 0 Å². The second-order valence-corrected chi connectivity index (χ2v) is 6.78. The first-order valence-corrected chi connectivity index (χ1v) is 8.88. The molecule has 2 amide bonds. The molecular formula is C17H17ClN2O3S. The van der Waals surface area contributed by atoms with E-state index in [9.17, 15) is 9.59 Å². The molecule has 0 N–H and O–H groups in total. The van der Waals surface area contributed by atoms with Crippen LogP contribution in [0, 0.1) is 0 Å². The summed E-state index contributed by atoms with van der Waals surface area (Å²) < 4.78 is 5.48. The van der Waals surface area contributed by atoms with Gasteiger partial charge in [-0.2, -0.15) is 0 Å². The number of carbonyl (C=O) groups excluding carboxylic acids is 2. The Kier molecular flexibility index (Phi) is 5.37. The number of carbonyl (C=O) groups is 2. The van der Waals surface area contributed by atoms with Gasteiger partial charge in [0.1, 0.15) is 5.75 Å². The molecule has 1 aromatic carbocycles. The fraction of sp³-hybridized carbons (Fsp3) is 0.294. The van der Waals surface area contributed by atoms with E-state index in [1.165, 1.54) is 11.3 Å². The Hall–Kier alpha value is -2.05. The highest BCUT2D eigenvalue weighted by atomic mass is 35.5. The van der Waals surface area contributed by atoms with Crippen molar-refractivity contribution in [2.75, 3.05) is 32.8 Å². The fourth-order valence-electron chi connectivity index (χ4n) is 2.51. The second kappa shape index (κ2) is 7.68. The van der Waals surface area contributed by atoms with Crippen LogP contribution in [0.15, 0.2) is 41.8 Å². The number of rotatable bonds is 4. The molecule has 3 rings (SSSR count). The zero-order valence-corrected chi connectivity index (χ0v) is 14.6. The number of hydrogen-bond acceptors (Lipinski definition) is 4. The van der Waals surface area contributed by atoms with Crippen LogP contribution in [0.3, 0.4) is 0 Å². The van der Waals surface area contributed by atoms with Crippen molar-refractivity contribution in [1.29, 1.82) is 0 Å². The zero-order valence-electron chi connectivity index (χ0n) is 13.0. The third-order valence-electron chi connectivity index (χ3n) is 3.81. The highest BCUT2D eigenvalue weighted by Crippen LogP contribution is 2.17. The lowest BCUT2D eigenvalue weighted by atomic mass is 10.3. The third kappa shape index (κ3) is 4.07. The molecule has 1 aromatic heterocycles. The van der Waals surface area contributed by atoms with Gasteiger partial charge < -0.3 is 14.5 Å². The van der Waals surface area contributed by atoms with Crippen molar-refractivity contribution in [3.63, 3.8) is 0 Å². The molecule has 1 saturated heterocycles. The van der Waals surface area contributed by atoms with Crippen molar-refractivity contribution in [1.82, 2.24) is 9.80 Å². The van der Waals surface area contributed by atoms with Gasteiger partial charge in [0.2, 0.25) is 0 Å². The van der Waals surface area contributed by atoms with E-state index in [4.69, 9.17) is 16.3 Å². The van der Waals surface area contributed by atoms with E-state index in [0.29, 0.717) is 37.0 Å². The van der Waals surface area contributed by atoms with E-state index in [1.807, 2.05) is 17.5 Å². The number of amides is 2. The zero-order chi connectivity index (χ0) is 16.9. The molecule has 1 aliphatic rings. The molecule has 7 heteroatoms. The van der Waals surface area contributed by atoms with E-state index in [0.717, 1.165) is 4.88 Å². The first-order valence-electron chi connectivity index (χ1n) is 7.62. The molecule has 126 valence electrons. The maximum Gasteiger partial charge on any atom is 0.264 e. The number of thiophene rings is 1. The van der Waals surface area contributed by atoms with Gasteiger partial charge in [0.25, 0.3) is 11.8 Å². The molecule has 0 unspecified atom stereocenters. The summed E-state index contributed by atoms with van der Waals surface area (Å²) in [5.41, 5.74) is 0. The summed E-state index contributed by atoms with van der Waals surface area (Å²) in [7, 11) is 0. The summed E-state index contributed by atoms with van der Waals surface area (Å²) >= 11 is 7.32. The van der Waals surface area contributed by atoms with Crippen molar-refractivity contribution in [2.24, 2.45) is 0 Å². The van der Waals surface area contributed by atoms with Gasteiger partial charge >= 0.3 is 0 Å². The summed E-state index contributed by atoms with van der Waals surface area (Å²) in [6.07, 6.45) is 0. The van der Waals surface area contributed by atoms with Gasteiger partial charge in [-0.3, -0.25) is 9.59 Å². The highest BCUT2D eigenvalue weighted by molar-refractivity contribution is 7.12. The lowest BCUT2D eigenvalue weighted by molar-refractivity contribution is -0.134. The minimum atomic E-state index is -0.0850. The quantitative estimate of drug-likeness (QED) is 0.838. The Morgan fingerprint density at radius 3 is 2.50 bits per heavy atom. The van der Waals surface area contributed by atoms with Crippen LogP contribution in [0.25, 0.3) is 0 Å². The number of hydrogen-bond donors (Lipinski definition) is 0. The molecule has 0 saturated carbocycles. The molecule has 0 atom stereocenters. The number of nitrogens with zero attached hydrogens (tertiary/aromatic N) is 2. The van der Waals surface area contributed by atoms with Crippen LogP contribution in [0.2, 0.25) is 5.02 Å². The smallest absolute Gasteiger partial charge is 0.264 e. The Morgan fingerprint density at radius 1 is 1.08 bits per heavy atom. The Morgan fingerprint density at radius 2 is 1.83 bits per heavy atom. The SMILES string of the molecule is O=C(COc1cccc(Cl)c1)N1CCN(C(=O)c2cccs2)CC1. The maximum absolute atomic E-state index is 12.3. The fourth-order valence-corrected chi connectivity index (χ4v) is 3.38. The Balaban J connectivity index is 1.47. The third-order valence-corrected chi connectivity index (χ3v) is 4.90. The average Bonchev–Trinajstić information content (AvgIpc) is 3.14. The van der Waals surface area contributed by atoms with E-state index in [2.05, 4.69) is 0 Å². The van der Waals surface area contributed by atoms with Crippen molar-refractivity contribution >= 4 is 34.8 Å². The molecule has 5 nitrogen and oxygen atoms in total. The average molecular weight is 365 g/mol. The van der Waals surface area contributed by atoms with Crippen LogP contribution < -0.4 is 4.74 Å². The largest absolute Gasteiger partial charge is 0.484 e. The standard InChI is InChI=1S/C17H17ClN2O3S/c18-13-3-1-4-14(11-13)23-12-16(21)19-6-8-20(9-7-19)17(22)15-5-2-10-24-15/h1-5,10-11H,6-9,12H2. The minimum absolute atomic E-state index is 0.0286. The van der Waals surface area contributed by atoms with Crippen LogP contribution in [0.5, 0.6) is 5.75 Å². The molecule has 0 spiro atoms. The van der Waals surface area contributed by atoms with Gasteiger partial charge in [0.05, 0.1) is 4.88 Å². The number of halogens is 1. The summed E-state index contributed by atoms with van der Waals surface area (Å²) in [6, 6.07) is 10.6. The molecule has 2 heterocycles. The summed E-state index contributed by atoms with van der Waals surface area (Å²) in [6.45, 7) is 2.10. The summed E-state index contributed by atoms with van der Waals surface area (Å²) in [5.74, 6) is 0.521. The molecule has 2 aromatic rings. The predicted octanol–water partition coefficient (Wildman–Crippen LogP) is 2.76.